The summed E-state index contributed by atoms with van der Waals surface area (Å²) in [5, 5.41) is 14.5. The van der Waals surface area contributed by atoms with E-state index in [-0.39, 0.29) is 30.7 Å². The molecule has 10 heteroatoms. The molecule has 0 atom stereocenters. The summed E-state index contributed by atoms with van der Waals surface area (Å²) in [4.78, 5) is 17.1. The molecule has 0 radical (unpaired) electrons. The molecule has 0 spiro atoms. The minimum absolute atomic E-state index is 0. The fourth-order valence-electron chi connectivity index (χ4n) is 3.72. The van der Waals surface area contributed by atoms with Gasteiger partial charge in [-0.1, -0.05) is 31.2 Å². The topological polar surface area (TPSA) is 89.7 Å². The highest BCUT2D eigenvalue weighted by Gasteiger charge is 2.19. The van der Waals surface area contributed by atoms with Crippen molar-refractivity contribution in [1.82, 2.24) is 29.9 Å². The summed E-state index contributed by atoms with van der Waals surface area (Å²) in [5.74, 6) is 1.16. The van der Waals surface area contributed by atoms with Gasteiger partial charge in [0.15, 0.2) is 5.69 Å². The highest BCUT2D eigenvalue weighted by Crippen LogP contribution is 2.19. The largest absolute Gasteiger partial charge is 0.330 e. The van der Waals surface area contributed by atoms with Crippen molar-refractivity contribution < 1.29 is 4.79 Å². The van der Waals surface area contributed by atoms with E-state index in [0.29, 0.717) is 24.2 Å². The zero-order chi connectivity index (χ0) is 20.2. The molecule has 1 aliphatic rings. The fraction of sp³-hybridized carbons (Fsp3) is 0.429. The molecule has 2 N–H and O–H groups in total. The fourth-order valence-corrected chi connectivity index (χ4v) is 3.72. The Morgan fingerprint density at radius 3 is 2.77 bits per heavy atom. The van der Waals surface area contributed by atoms with Crippen molar-refractivity contribution in [2.75, 3.05) is 18.4 Å². The van der Waals surface area contributed by atoms with E-state index in [1.165, 1.54) is 0 Å². The van der Waals surface area contributed by atoms with Crippen LogP contribution in [0.3, 0.4) is 0 Å². The third kappa shape index (κ3) is 6.06. The Kier molecular flexibility index (Phi) is 9.03. The molecule has 1 fully saturated rings. The van der Waals surface area contributed by atoms with E-state index in [4.69, 9.17) is 0 Å². The smallest absolute Gasteiger partial charge is 0.277 e. The van der Waals surface area contributed by atoms with Crippen molar-refractivity contribution in [2.45, 2.75) is 45.2 Å². The molecule has 1 saturated heterocycles. The van der Waals surface area contributed by atoms with Crippen LogP contribution in [-0.4, -0.2) is 43.5 Å². The van der Waals surface area contributed by atoms with E-state index in [2.05, 4.69) is 44.3 Å². The predicted octanol–water partition coefficient (Wildman–Crippen LogP) is 3.67. The van der Waals surface area contributed by atoms with E-state index in [1.54, 1.807) is 6.20 Å². The number of nitrogens with one attached hydrogen (secondary N) is 2. The number of hydrogen-bond donors (Lipinski definition) is 2. The number of halogens is 2. The number of amides is 1. The highest BCUT2D eigenvalue weighted by molar-refractivity contribution is 6.02. The number of hydrogen-bond acceptors (Lipinski definition) is 5. The van der Waals surface area contributed by atoms with Crippen LogP contribution in [0.25, 0.3) is 0 Å². The predicted molar refractivity (Wildman–Crippen MR) is 125 cm³/mol. The van der Waals surface area contributed by atoms with Gasteiger partial charge >= 0.3 is 0 Å². The highest BCUT2D eigenvalue weighted by atomic mass is 35.5. The molecule has 8 nitrogen and oxygen atoms in total. The summed E-state index contributed by atoms with van der Waals surface area (Å²) >= 11 is 0. The summed E-state index contributed by atoms with van der Waals surface area (Å²) in [5.41, 5.74) is 2.18. The first-order valence-electron chi connectivity index (χ1n) is 10.1. The first-order chi connectivity index (χ1) is 14.1. The Hall–Kier alpha value is -2.42. The van der Waals surface area contributed by atoms with Crippen LogP contribution < -0.4 is 10.6 Å². The van der Waals surface area contributed by atoms with Gasteiger partial charge < -0.3 is 15.2 Å². The third-order valence-electron chi connectivity index (χ3n) is 5.23. The lowest BCUT2D eigenvalue weighted by atomic mass is 10.1. The number of carbonyl (C=O) groups excluding carboxylic acids is 1. The molecule has 0 bridgehead atoms. The van der Waals surface area contributed by atoms with Crippen LogP contribution in [0.15, 0.2) is 42.9 Å². The zero-order valence-electron chi connectivity index (χ0n) is 17.7. The minimum atomic E-state index is -0.243. The number of nitrogens with zero attached hydrogens (tertiary/aromatic N) is 5. The van der Waals surface area contributed by atoms with E-state index in [1.807, 2.05) is 41.3 Å². The molecule has 168 valence electrons. The minimum Gasteiger partial charge on any atom is -0.330 e. The lowest BCUT2D eigenvalue weighted by Crippen LogP contribution is -2.29. The molecule has 1 aliphatic heterocycles. The van der Waals surface area contributed by atoms with Crippen molar-refractivity contribution >= 4 is 36.4 Å². The quantitative estimate of drug-likeness (QED) is 0.579. The zero-order valence-corrected chi connectivity index (χ0v) is 19.3. The maximum absolute atomic E-state index is 12.6. The molecule has 0 saturated carbocycles. The van der Waals surface area contributed by atoms with E-state index in [0.717, 1.165) is 43.0 Å². The first-order valence-corrected chi connectivity index (χ1v) is 10.1. The van der Waals surface area contributed by atoms with Gasteiger partial charge in [0.2, 0.25) is 0 Å². The molecule has 3 aromatic rings. The number of aromatic nitrogens is 5. The Balaban J connectivity index is 0.00000171. The maximum atomic E-state index is 12.6. The van der Waals surface area contributed by atoms with E-state index >= 15 is 0 Å². The van der Waals surface area contributed by atoms with E-state index in [9.17, 15) is 4.79 Å². The van der Waals surface area contributed by atoms with Crippen LogP contribution >= 0.6 is 24.8 Å². The van der Waals surface area contributed by atoms with Crippen LogP contribution in [0.1, 0.15) is 60.5 Å². The number of anilines is 1. The second-order valence-corrected chi connectivity index (χ2v) is 7.79. The van der Waals surface area contributed by atoms with Crippen molar-refractivity contribution in [3.05, 3.63) is 59.9 Å². The Labute approximate surface area is 194 Å². The summed E-state index contributed by atoms with van der Waals surface area (Å²) < 4.78 is 3.95. The summed E-state index contributed by atoms with van der Waals surface area (Å²) in [7, 11) is 0. The lowest BCUT2D eigenvalue weighted by molar-refractivity contribution is 0.102. The SMILES string of the molecule is CC(C)c1nccn1Cc1cccc(NC(=O)c2cn(C3CCNCC3)nn2)c1.Cl.Cl. The van der Waals surface area contributed by atoms with Crippen LogP contribution in [0.2, 0.25) is 0 Å². The Morgan fingerprint density at radius 2 is 2.03 bits per heavy atom. The normalized spacial score (nSPS) is 14.0. The van der Waals surface area contributed by atoms with Gasteiger partial charge in [0, 0.05) is 30.5 Å². The average Bonchev–Trinajstić information content (AvgIpc) is 3.39. The van der Waals surface area contributed by atoms with Gasteiger partial charge in [-0.15, -0.1) is 29.9 Å². The molecule has 3 heterocycles. The first kappa shape index (κ1) is 24.8. The monoisotopic (exact) mass is 465 g/mol. The van der Waals surface area contributed by atoms with Crippen molar-refractivity contribution in [2.24, 2.45) is 0 Å². The second-order valence-electron chi connectivity index (χ2n) is 7.79. The Morgan fingerprint density at radius 1 is 1.26 bits per heavy atom. The van der Waals surface area contributed by atoms with Crippen molar-refractivity contribution in [3.8, 4) is 0 Å². The van der Waals surface area contributed by atoms with Gasteiger partial charge in [-0.3, -0.25) is 4.79 Å². The summed E-state index contributed by atoms with van der Waals surface area (Å²) in [6.45, 7) is 6.91. The van der Waals surface area contributed by atoms with Crippen molar-refractivity contribution in [3.63, 3.8) is 0 Å². The van der Waals surface area contributed by atoms with Gasteiger partial charge in [-0.25, -0.2) is 9.67 Å². The molecule has 1 amide bonds. The van der Waals surface area contributed by atoms with Gasteiger partial charge in [0.25, 0.3) is 5.91 Å². The molecule has 1 aromatic carbocycles. The third-order valence-corrected chi connectivity index (χ3v) is 5.23. The Bertz CT molecular complexity index is 980. The van der Waals surface area contributed by atoms with E-state index < -0.39 is 0 Å². The molecule has 4 rings (SSSR count). The second kappa shape index (κ2) is 11.3. The van der Waals surface area contributed by atoms with Gasteiger partial charge in [0.1, 0.15) is 5.82 Å². The van der Waals surface area contributed by atoms with Gasteiger partial charge in [-0.05, 0) is 43.6 Å². The number of rotatable bonds is 6. The van der Waals surface area contributed by atoms with Crippen LogP contribution in [-0.2, 0) is 6.54 Å². The molecular weight excluding hydrogens is 437 g/mol. The molecular formula is C21H29Cl2N7O. The van der Waals surface area contributed by atoms with Crippen LogP contribution in [0.4, 0.5) is 5.69 Å². The van der Waals surface area contributed by atoms with Crippen molar-refractivity contribution in [1.29, 1.82) is 0 Å². The maximum Gasteiger partial charge on any atom is 0.277 e. The van der Waals surface area contributed by atoms with Crippen LogP contribution in [0, 0.1) is 0 Å². The molecule has 2 aromatic heterocycles. The summed E-state index contributed by atoms with van der Waals surface area (Å²) in [6.07, 6.45) is 7.56. The number of benzene rings is 1. The lowest BCUT2D eigenvalue weighted by Gasteiger charge is -2.22. The molecule has 31 heavy (non-hydrogen) atoms. The van der Waals surface area contributed by atoms with Gasteiger partial charge in [0.05, 0.1) is 12.2 Å². The average molecular weight is 466 g/mol. The molecule has 0 unspecified atom stereocenters. The van der Waals surface area contributed by atoms with Crippen LogP contribution in [0.5, 0.6) is 0 Å². The number of imidazole rings is 1. The van der Waals surface area contributed by atoms with Gasteiger partial charge in [-0.2, -0.15) is 0 Å². The number of piperidine rings is 1. The number of carbonyl (C=O) groups is 1. The molecule has 0 aliphatic carbocycles. The standard InChI is InChI=1S/C21H27N7O.2ClH/c1-15(2)20-23-10-11-27(20)13-16-4-3-5-17(12-16)24-21(29)19-14-28(26-25-19)18-6-8-22-9-7-18;;/h3-5,10-12,14-15,18,22H,6-9,13H2,1-2H3,(H,24,29);2*1H. The summed E-state index contributed by atoms with van der Waals surface area (Å²) in [6, 6.07) is 8.17.